The summed E-state index contributed by atoms with van der Waals surface area (Å²) in [6, 6.07) is 0. The molecule has 0 spiro atoms. The molecule has 0 aromatic heterocycles. The molecule has 0 aliphatic carbocycles. The Morgan fingerprint density at radius 2 is 0.545 bits per heavy atom. The molecule has 0 fully saturated rings. The maximum Gasteiger partial charge on any atom is 0.306 e. The van der Waals surface area contributed by atoms with Crippen LogP contribution in [0.25, 0.3) is 0 Å². The summed E-state index contributed by atoms with van der Waals surface area (Å²) < 4.78 is 16.7. The SMILES string of the molecule is CCCCCCC/C=C\C/C=C\CCCCCCCCCCCCCCCCCCCCCC(=O)OCC(COC(=O)CCCCCCCC)OC(=O)CCCCCCCCCCCCC. The van der Waals surface area contributed by atoms with Crippen molar-refractivity contribution in [2.24, 2.45) is 0 Å². The Hall–Kier alpha value is -2.11. The molecule has 0 amide bonds. The lowest BCUT2D eigenvalue weighted by Gasteiger charge is -2.18. The number of allylic oxidation sites excluding steroid dienone is 4. The van der Waals surface area contributed by atoms with E-state index in [1.54, 1.807) is 0 Å². The lowest BCUT2D eigenvalue weighted by molar-refractivity contribution is -0.167. The van der Waals surface area contributed by atoms with Crippen molar-refractivity contribution in [1.82, 2.24) is 0 Å². The van der Waals surface area contributed by atoms with Gasteiger partial charge in [0.2, 0.25) is 0 Å². The second-order valence-electron chi connectivity index (χ2n) is 19.9. The summed E-state index contributed by atoms with van der Waals surface area (Å²) in [5.74, 6) is -0.860. The zero-order valence-electron chi connectivity index (χ0n) is 44.5. The quantitative estimate of drug-likeness (QED) is 0.0262. The Labute approximate surface area is 411 Å². The third-order valence-electron chi connectivity index (χ3n) is 13.2. The number of carbonyl (C=O) groups is 3. The third kappa shape index (κ3) is 52.9. The fraction of sp³-hybridized carbons (Fsp3) is 0.883. The molecule has 0 saturated heterocycles. The van der Waals surface area contributed by atoms with Gasteiger partial charge in [0.1, 0.15) is 13.2 Å². The van der Waals surface area contributed by atoms with E-state index in [9.17, 15) is 14.4 Å². The van der Waals surface area contributed by atoms with Crippen LogP contribution in [0.4, 0.5) is 0 Å². The van der Waals surface area contributed by atoms with Gasteiger partial charge < -0.3 is 14.2 Å². The van der Waals surface area contributed by atoms with Gasteiger partial charge in [-0.05, 0) is 51.4 Å². The summed E-state index contributed by atoms with van der Waals surface area (Å²) in [7, 11) is 0. The largest absolute Gasteiger partial charge is 0.462 e. The molecule has 0 heterocycles. The van der Waals surface area contributed by atoms with E-state index in [0.717, 1.165) is 64.2 Å². The van der Waals surface area contributed by atoms with Crippen LogP contribution < -0.4 is 0 Å². The predicted molar refractivity (Wildman–Crippen MR) is 284 cm³/mol. The first kappa shape index (κ1) is 63.9. The number of esters is 3. The summed E-state index contributed by atoms with van der Waals surface area (Å²) >= 11 is 0. The smallest absolute Gasteiger partial charge is 0.306 e. The van der Waals surface area contributed by atoms with Crippen LogP contribution >= 0.6 is 0 Å². The van der Waals surface area contributed by atoms with Crippen LogP contribution in [0.2, 0.25) is 0 Å². The molecule has 0 radical (unpaired) electrons. The summed E-state index contributed by atoms with van der Waals surface area (Å²) in [6.45, 7) is 6.60. The molecule has 0 aliphatic rings. The first-order valence-corrected chi connectivity index (χ1v) is 29.3. The van der Waals surface area contributed by atoms with Gasteiger partial charge >= 0.3 is 17.9 Å². The molecular formula is C60H112O6. The average Bonchev–Trinajstić information content (AvgIpc) is 3.31. The van der Waals surface area contributed by atoms with E-state index >= 15 is 0 Å². The topological polar surface area (TPSA) is 78.9 Å². The number of ether oxygens (including phenoxy) is 3. The maximum absolute atomic E-state index is 12.7. The van der Waals surface area contributed by atoms with E-state index in [1.165, 1.54) is 218 Å². The Balaban J connectivity index is 3.89. The standard InChI is InChI=1S/C60H112O6/c1-4-7-10-13-16-18-20-21-22-23-24-25-26-27-28-29-30-31-32-33-34-35-36-37-38-39-41-42-44-47-50-53-59(62)65-56-57(55-64-58(61)52-49-46-15-12-9-6-3)66-60(63)54-51-48-45-43-40-19-17-14-11-8-5-2/h20-21,23-24,57H,4-19,22,25-56H2,1-3H3/b21-20-,24-23-. The van der Waals surface area contributed by atoms with Gasteiger partial charge in [-0.1, -0.05) is 276 Å². The summed E-state index contributed by atoms with van der Waals surface area (Å²) in [6.07, 6.45) is 65.1. The summed E-state index contributed by atoms with van der Waals surface area (Å²) in [4.78, 5) is 37.7. The minimum absolute atomic E-state index is 0.0655. The molecule has 0 aromatic carbocycles. The van der Waals surface area contributed by atoms with Gasteiger partial charge in [0.05, 0.1) is 0 Å². The molecule has 0 saturated carbocycles. The number of hydrogen-bond acceptors (Lipinski definition) is 6. The van der Waals surface area contributed by atoms with Crippen molar-refractivity contribution >= 4 is 17.9 Å². The van der Waals surface area contributed by atoms with Crippen molar-refractivity contribution in [3.05, 3.63) is 24.3 Å². The van der Waals surface area contributed by atoms with Crippen LogP contribution in [0.1, 0.15) is 323 Å². The third-order valence-corrected chi connectivity index (χ3v) is 13.2. The van der Waals surface area contributed by atoms with E-state index in [-0.39, 0.29) is 31.1 Å². The first-order valence-electron chi connectivity index (χ1n) is 29.3. The second kappa shape index (κ2) is 55.5. The Bertz CT molecular complexity index is 1070. The molecule has 1 unspecified atom stereocenters. The Morgan fingerprint density at radius 1 is 0.303 bits per heavy atom. The molecule has 6 nitrogen and oxygen atoms in total. The molecule has 0 bridgehead atoms. The van der Waals surface area contributed by atoms with Crippen molar-refractivity contribution in [3.63, 3.8) is 0 Å². The van der Waals surface area contributed by atoms with Crippen LogP contribution in [0.3, 0.4) is 0 Å². The van der Waals surface area contributed by atoms with Crippen LogP contribution in [0.15, 0.2) is 24.3 Å². The lowest BCUT2D eigenvalue weighted by atomic mass is 10.0. The van der Waals surface area contributed by atoms with Gasteiger partial charge in [-0.2, -0.15) is 0 Å². The summed E-state index contributed by atoms with van der Waals surface area (Å²) in [5.41, 5.74) is 0. The molecule has 388 valence electrons. The van der Waals surface area contributed by atoms with E-state index in [1.807, 2.05) is 0 Å². The van der Waals surface area contributed by atoms with E-state index in [2.05, 4.69) is 45.1 Å². The second-order valence-corrected chi connectivity index (χ2v) is 19.9. The monoisotopic (exact) mass is 929 g/mol. The molecule has 0 rings (SSSR count). The van der Waals surface area contributed by atoms with Gasteiger partial charge in [0, 0.05) is 19.3 Å². The van der Waals surface area contributed by atoms with Gasteiger partial charge in [0.15, 0.2) is 6.10 Å². The molecular weight excluding hydrogens is 817 g/mol. The molecule has 66 heavy (non-hydrogen) atoms. The van der Waals surface area contributed by atoms with Gasteiger partial charge in [-0.25, -0.2) is 0 Å². The number of hydrogen-bond donors (Lipinski definition) is 0. The van der Waals surface area contributed by atoms with Crippen molar-refractivity contribution in [1.29, 1.82) is 0 Å². The van der Waals surface area contributed by atoms with Crippen LogP contribution in [0, 0.1) is 0 Å². The van der Waals surface area contributed by atoms with Crippen molar-refractivity contribution in [3.8, 4) is 0 Å². The molecule has 0 aromatic rings. The van der Waals surface area contributed by atoms with Gasteiger partial charge in [-0.15, -0.1) is 0 Å². The molecule has 6 heteroatoms. The summed E-state index contributed by atoms with van der Waals surface area (Å²) in [5, 5.41) is 0. The maximum atomic E-state index is 12.7. The molecule has 0 aliphatic heterocycles. The average molecular weight is 930 g/mol. The van der Waals surface area contributed by atoms with E-state index < -0.39 is 6.10 Å². The normalized spacial score (nSPS) is 12.1. The van der Waals surface area contributed by atoms with E-state index in [0.29, 0.717) is 19.3 Å². The van der Waals surface area contributed by atoms with E-state index in [4.69, 9.17) is 14.2 Å². The fourth-order valence-corrected chi connectivity index (χ4v) is 8.77. The fourth-order valence-electron chi connectivity index (χ4n) is 8.77. The van der Waals surface area contributed by atoms with Gasteiger partial charge in [0.25, 0.3) is 0 Å². The highest BCUT2D eigenvalue weighted by Crippen LogP contribution is 2.17. The zero-order chi connectivity index (χ0) is 47.9. The number of rotatable bonds is 54. The van der Waals surface area contributed by atoms with Gasteiger partial charge in [-0.3, -0.25) is 14.4 Å². The zero-order valence-corrected chi connectivity index (χ0v) is 44.5. The Kier molecular flexibility index (Phi) is 53.7. The molecule has 0 N–H and O–H groups in total. The highest BCUT2D eigenvalue weighted by molar-refractivity contribution is 5.71. The minimum atomic E-state index is -0.761. The van der Waals surface area contributed by atoms with Crippen molar-refractivity contribution in [2.75, 3.05) is 13.2 Å². The molecule has 1 atom stereocenters. The predicted octanol–water partition coefficient (Wildman–Crippen LogP) is 19.5. The van der Waals surface area contributed by atoms with Crippen LogP contribution in [-0.2, 0) is 28.6 Å². The highest BCUT2D eigenvalue weighted by atomic mass is 16.6. The van der Waals surface area contributed by atoms with Crippen LogP contribution in [0.5, 0.6) is 0 Å². The van der Waals surface area contributed by atoms with Crippen molar-refractivity contribution in [2.45, 2.75) is 329 Å². The Morgan fingerprint density at radius 3 is 0.833 bits per heavy atom. The van der Waals surface area contributed by atoms with Crippen molar-refractivity contribution < 1.29 is 28.6 Å². The van der Waals surface area contributed by atoms with Crippen LogP contribution in [-0.4, -0.2) is 37.2 Å². The number of carbonyl (C=O) groups excluding carboxylic acids is 3. The minimum Gasteiger partial charge on any atom is -0.462 e. The number of unbranched alkanes of at least 4 members (excludes halogenated alkanes) is 39. The first-order chi connectivity index (χ1) is 32.5. The highest BCUT2D eigenvalue weighted by Gasteiger charge is 2.19. The lowest BCUT2D eigenvalue weighted by Crippen LogP contribution is -2.30.